The van der Waals surface area contributed by atoms with Crippen molar-refractivity contribution in [3.8, 4) is 28.3 Å². The van der Waals surface area contributed by atoms with Gasteiger partial charge in [-0.05, 0) is 42.0 Å². The zero-order valence-electron chi connectivity index (χ0n) is 18.6. The smallest absolute Gasteiger partial charge is 0.163 e. The van der Waals surface area contributed by atoms with Crippen LogP contribution in [0.4, 0.5) is 10.2 Å². The largest absolute Gasteiger partial charge is 0.491 e. The minimum absolute atomic E-state index is 0.301. The van der Waals surface area contributed by atoms with Crippen molar-refractivity contribution in [3.63, 3.8) is 0 Å². The molecule has 34 heavy (non-hydrogen) atoms. The Bertz CT molecular complexity index is 1410. The van der Waals surface area contributed by atoms with Crippen LogP contribution in [0.15, 0.2) is 79.4 Å². The number of anilines is 1. The molecule has 0 saturated carbocycles. The third-order valence-electron chi connectivity index (χ3n) is 5.46. The Hall–Kier alpha value is -4.33. The van der Waals surface area contributed by atoms with Crippen LogP contribution in [0.3, 0.4) is 0 Å². The fourth-order valence-corrected chi connectivity index (χ4v) is 3.82. The highest BCUT2D eigenvalue weighted by molar-refractivity contribution is 5.97. The summed E-state index contributed by atoms with van der Waals surface area (Å²) in [4.78, 5) is 13.7. The minimum atomic E-state index is -0.301. The number of rotatable bonds is 8. The van der Waals surface area contributed by atoms with E-state index in [4.69, 9.17) is 14.7 Å². The van der Waals surface area contributed by atoms with Crippen LogP contribution in [-0.4, -0.2) is 38.4 Å². The van der Waals surface area contributed by atoms with Crippen molar-refractivity contribution >= 4 is 16.7 Å². The van der Waals surface area contributed by atoms with Crippen molar-refractivity contribution in [2.75, 3.05) is 19.0 Å². The predicted molar refractivity (Wildman–Crippen MR) is 130 cm³/mol. The van der Waals surface area contributed by atoms with E-state index in [9.17, 15) is 4.39 Å². The van der Waals surface area contributed by atoms with Gasteiger partial charge in [0, 0.05) is 61.3 Å². The highest BCUT2D eigenvalue weighted by atomic mass is 19.1. The van der Waals surface area contributed by atoms with Gasteiger partial charge in [0.05, 0.1) is 6.61 Å². The number of nitrogens with one attached hydrogen (secondary N) is 1. The van der Waals surface area contributed by atoms with Crippen LogP contribution in [0.25, 0.3) is 33.4 Å². The number of aryl methyl sites for hydroxylation is 1. The number of pyridine rings is 1. The molecule has 5 aromatic rings. The first-order chi connectivity index (χ1) is 16.7. The molecule has 0 bridgehead atoms. The molecule has 1 N–H and O–H groups in total. The van der Waals surface area contributed by atoms with E-state index in [-0.39, 0.29) is 5.82 Å². The van der Waals surface area contributed by atoms with Crippen molar-refractivity contribution in [1.29, 1.82) is 0 Å². The second-order valence-electron chi connectivity index (χ2n) is 7.71. The van der Waals surface area contributed by atoms with Crippen LogP contribution in [0.5, 0.6) is 5.75 Å². The standard InChI is InChI=1S/C26H23FN6O/c1-28-26-21-15-19(20-8-2-3-9-22(20)27)16-23(34-14-6-13-33-12-5-11-30-33)24(21)31-25(32-26)18-7-4-10-29-17-18/h2-5,7-12,15-17H,6,13-14H2,1H3,(H,28,31,32). The first-order valence-electron chi connectivity index (χ1n) is 11.0. The van der Waals surface area contributed by atoms with Gasteiger partial charge in [-0.25, -0.2) is 14.4 Å². The lowest BCUT2D eigenvalue weighted by molar-refractivity contribution is 0.301. The monoisotopic (exact) mass is 454 g/mol. The van der Waals surface area contributed by atoms with Gasteiger partial charge in [0.25, 0.3) is 0 Å². The van der Waals surface area contributed by atoms with Gasteiger partial charge in [0.2, 0.25) is 0 Å². The van der Waals surface area contributed by atoms with Gasteiger partial charge in [-0.2, -0.15) is 5.10 Å². The zero-order chi connectivity index (χ0) is 23.3. The maximum Gasteiger partial charge on any atom is 0.163 e. The lowest BCUT2D eigenvalue weighted by Crippen LogP contribution is -2.06. The molecule has 0 fully saturated rings. The van der Waals surface area contributed by atoms with Crippen LogP contribution in [0, 0.1) is 5.82 Å². The lowest BCUT2D eigenvalue weighted by atomic mass is 10.0. The maximum atomic E-state index is 14.6. The molecule has 0 aliphatic rings. The topological polar surface area (TPSA) is 77.8 Å². The van der Waals surface area contributed by atoms with Gasteiger partial charge >= 0.3 is 0 Å². The number of nitrogens with zero attached hydrogens (tertiary/aromatic N) is 5. The highest BCUT2D eigenvalue weighted by Gasteiger charge is 2.17. The normalized spacial score (nSPS) is 11.0. The molecule has 8 heteroatoms. The fourth-order valence-electron chi connectivity index (χ4n) is 3.82. The molecule has 170 valence electrons. The summed E-state index contributed by atoms with van der Waals surface area (Å²) in [7, 11) is 1.80. The van der Waals surface area contributed by atoms with Crippen LogP contribution in [0.2, 0.25) is 0 Å². The summed E-state index contributed by atoms with van der Waals surface area (Å²) in [6.07, 6.45) is 7.85. The molecule has 0 atom stereocenters. The van der Waals surface area contributed by atoms with E-state index in [0.29, 0.717) is 40.6 Å². The SMILES string of the molecule is CNc1nc(-c2cccnc2)nc2c(OCCCn3cccn3)cc(-c3ccccc3F)cc12. The number of aromatic nitrogens is 5. The number of halogens is 1. The van der Waals surface area contributed by atoms with Gasteiger partial charge in [-0.1, -0.05) is 18.2 Å². The van der Waals surface area contributed by atoms with Gasteiger partial charge in [-0.3, -0.25) is 9.67 Å². The van der Waals surface area contributed by atoms with Crippen molar-refractivity contribution in [1.82, 2.24) is 24.7 Å². The molecule has 7 nitrogen and oxygen atoms in total. The van der Waals surface area contributed by atoms with Crippen LogP contribution >= 0.6 is 0 Å². The average Bonchev–Trinajstić information content (AvgIpc) is 3.40. The summed E-state index contributed by atoms with van der Waals surface area (Å²) in [6.45, 7) is 1.19. The molecule has 3 aromatic heterocycles. The molecule has 2 aromatic carbocycles. The fraction of sp³-hybridized carbons (Fsp3) is 0.154. The number of fused-ring (bicyclic) bond motifs is 1. The van der Waals surface area contributed by atoms with Gasteiger partial charge < -0.3 is 10.1 Å². The Balaban J connectivity index is 1.59. The number of hydrogen-bond donors (Lipinski definition) is 1. The van der Waals surface area contributed by atoms with Crippen molar-refractivity contribution < 1.29 is 9.13 Å². The average molecular weight is 455 g/mol. The van der Waals surface area contributed by atoms with E-state index in [0.717, 1.165) is 23.9 Å². The van der Waals surface area contributed by atoms with Crippen LogP contribution < -0.4 is 10.1 Å². The first-order valence-corrected chi connectivity index (χ1v) is 11.0. The number of benzene rings is 2. The molecule has 0 amide bonds. The molecule has 5 rings (SSSR count). The summed E-state index contributed by atoms with van der Waals surface area (Å²) < 4.78 is 22.7. The molecular formula is C26H23FN6O. The number of ether oxygens (including phenoxy) is 1. The highest BCUT2D eigenvalue weighted by Crippen LogP contribution is 2.36. The van der Waals surface area contributed by atoms with Gasteiger partial charge in [-0.15, -0.1) is 0 Å². The summed E-state index contributed by atoms with van der Waals surface area (Å²) in [5, 5.41) is 8.13. The molecule has 0 unspecified atom stereocenters. The van der Waals surface area contributed by atoms with Crippen molar-refractivity contribution in [3.05, 3.63) is 85.2 Å². The summed E-state index contributed by atoms with van der Waals surface area (Å²) in [6, 6.07) is 16.1. The maximum absolute atomic E-state index is 14.6. The number of hydrogen-bond acceptors (Lipinski definition) is 6. The minimum Gasteiger partial charge on any atom is -0.491 e. The molecule has 0 aliphatic carbocycles. The molecule has 0 radical (unpaired) electrons. The molecule has 0 spiro atoms. The summed E-state index contributed by atoms with van der Waals surface area (Å²) in [5.41, 5.74) is 2.63. The van der Waals surface area contributed by atoms with E-state index >= 15 is 0 Å². The van der Waals surface area contributed by atoms with Crippen molar-refractivity contribution in [2.24, 2.45) is 0 Å². The first kappa shape index (κ1) is 21.5. The molecule has 3 heterocycles. The quantitative estimate of drug-likeness (QED) is 0.325. The Morgan fingerprint density at radius 1 is 1.00 bits per heavy atom. The van der Waals surface area contributed by atoms with Gasteiger partial charge in [0.15, 0.2) is 5.82 Å². The van der Waals surface area contributed by atoms with E-state index < -0.39 is 0 Å². The van der Waals surface area contributed by atoms with Crippen molar-refractivity contribution in [2.45, 2.75) is 13.0 Å². The van der Waals surface area contributed by atoms with Gasteiger partial charge in [0.1, 0.15) is 22.9 Å². The molecular weight excluding hydrogens is 431 g/mol. The zero-order valence-corrected chi connectivity index (χ0v) is 18.6. The Labute approximate surface area is 196 Å². The van der Waals surface area contributed by atoms with E-state index in [1.54, 1.807) is 37.8 Å². The third-order valence-corrected chi connectivity index (χ3v) is 5.46. The molecule has 0 saturated heterocycles. The van der Waals surface area contributed by atoms with E-state index in [1.165, 1.54) is 6.07 Å². The second kappa shape index (κ2) is 9.66. The predicted octanol–water partition coefficient (Wildman–Crippen LogP) is 5.21. The van der Waals surface area contributed by atoms with E-state index in [2.05, 4.69) is 15.4 Å². The van der Waals surface area contributed by atoms with E-state index in [1.807, 2.05) is 47.3 Å². The molecule has 0 aliphatic heterocycles. The second-order valence-corrected chi connectivity index (χ2v) is 7.71. The third kappa shape index (κ3) is 4.43. The summed E-state index contributed by atoms with van der Waals surface area (Å²) >= 11 is 0. The Morgan fingerprint density at radius 2 is 1.91 bits per heavy atom. The Kier molecular flexibility index (Phi) is 6.11. The summed E-state index contributed by atoms with van der Waals surface area (Å²) in [5.74, 6) is 1.43. The Morgan fingerprint density at radius 3 is 2.68 bits per heavy atom. The van der Waals surface area contributed by atoms with Crippen LogP contribution in [-0.2, 0) is 6.54 Å². The lowest BCUT2D eigenvalue weighted by Gasteiger charge is -2.15. The van der Waals surface area contributed by atoms with Crippen LogP contribution in [0.1, 0.15) is 6.42 Å².